The van der Waals surface area contributed by atoms with Gasteiger partial charge in [-0.05, 0) is 50.3 Å². The minimum absolute atomic E-state index is 0.0513. The second kappa shape index (κ2) is 16.5. The number of benzene rings is 2. The molecular weight excluding hydrogens is 486 g/mol. The normalized spacial score (nSPS) is 18.7. The Labute approximate surface area is 235 Å². The number of ketones is 1. The first-order valence-electron chi connectivity index (χ1n) is 15.0. The largest absolute Gasteiger partial charge is 0.361 e. The van der Waals surface area contributed by atoms with E-state index >= 15 is 0 Å². The van der Waals surface area contributed by atoms with Crippen LogP contribution in [-0.2, 0) is 27.2 Å². The molecule has 0 aliphatic carbocycles. The molecule has 6 nitrogen and oxygen atoms in total. The van der Waals surface area contributed by atoms with Crippen LogP contribution in [0, 0.1) is 0 Å². The summed E-state index contributed by atoms with van der Waals surface area (Å²) in [5.41, 5.74) is 1.52. The lowest BCUT2D eigenvalue weighted by Gasteiger charge is -2.26. The van der Waals surface area contributed by atoms with Crippen molar-refractivity contribution in [2.24, 2.45) is 0 Å². The number of hydrogen-bond acceptors (Lipinski definition) is 5. The number of unbranched alkanes of at least 4 members (excludes halogenated alkanes) is 4. The SMILES string of the molecule is CCCCCCN[C@H](CN[C@@H](CCCC)C(=O)N[C@@H](Cc1ccccc1)C(=O)[C@@]1(C)CO1)Cc1ccccc1. The van der Waals surface area contributed by atoms with Gasteiger partial charge in [0.2, 0.25) is 5.91 Å². The van der Waals surface area contributed by atoms with Gasteiger partial charge in [0.05, 0.1) is 18.7 Å². The molecule has 1 aliphatic rings. The molecule has 1 heterocycles. The van der Waals surface area contributed by atoms with Crippen LogP contribution >= 0.6 is 0 Å². The number of carbonyl (C=O) groups is 2. The van der Waals surface area contributed by atoms with E-state index in [-0.39, 0.29) is 23.8 Å². The number of hydrogen-bond donors (Lipinski definition) is 3. The first kappa shape index (κ1) is 31.0. The van der Waals surface area contributed by atoms with Crippen molar-refractivity contribution >= 4 is 11.7 Å². The van der Waals surface area contributed by atoms with E-state index in [0.29, 0.717) is 19.6 Å². The van der Waals surface area contributed by atoms with Crippen LogP contribution in [0.25, 0.3) is 0 Å². The Hall–Kier alpha value is -2.54. The minimum Gasteiger partial charge on any atom is -0.361 e. The van der Waals surface area contributed by atoms with Gasteiger partial charge in [0.1, 0.15) is 5.60 Å². The molecule has 0 radical (unpaired) electrons. The average Bonchev–Trinajstić information content (AvgIpc) is 3.71. The first-order chi connectivity index (χ1) is 18.9. The highest BCUT2D eigenvalue weighted by molar-refractivity contribution is 5.97. The van der Waals surface area contributed by atoms with Crippen LogP contribution in [0.3, 0.4) is 0 Å². The van der Waals surface area contributed by atoms with Crippen molar-refractivity contribution in [2.75, 3.05) is 19.7 Å². The van der Waals surface area contributed by atoms with Gasteiger partial charge in [-0.2, -0.15) is 0 Å². The fourth-order valence-electron chi connectivity index (χ4n) is 4.94. The van der Waals surface area contributed by atoms with E-state index in [1.54, 1.807) is 0 Å². The highest BCUT2D eigenvalue weighted by Gasteiger charge is 2.50. The summed E-state index contributed by atoms with van der Waals surface area (Å²) in [6.45, 7) is 8.24. The molecule has 2 aromatic carbocycles. The topological polar surface area (TPSA) is 82.8 Å². The van der Waals surface area contributed by atoms with Gasteiger partial charge in [-0.25, -0.2) is 0 Å². The lowest BCUT2D eigenvalue weighted by Crippen LogP contribution is -2.55. The van der Waals surface area contributed by atoms with Crippen LogP contribution in [0.5, 0.6) is 0 Å². The summed E-state index contributed by atoms with van der Waals surface area (Å²) < 4.78 is 5.46. The summed E-state index contributed by atoms with van der Waals surface area (Å²) >= 11 is 0. The van der Waals surface area contributed by atoms with Gasteiger partial charge in [-0.3, -0.25) is 9.59 Å². The van der Waals surface area contributed by atoms with Crippen molar-refractivity contribution in [1.82, 2.24) is 16.0 Å². The Morgan fingerprint density at radius 2 is 1.44 bits per heavy atom. The van der Waals surface area contributed by atoms with Crippen molar-refractivity contribution in [3.8, 4) is 0 Å². The number of Topliss-reactive ketones (excluding diaryl/α,β-unsaturated/α-hetero) is 1. The van der Waals surface area contributed by atoms with Gasteiger partial charge in [0, 0.05) is 12.6 Å². The van der Waals surface area contributed by atoms with Gasteiger partial charge in [0.15, 0.2) is 5.78 Å². The number of carbonyl (C=O) groups excluding carboxylic acids is 2. The lowest BCUT2D eigenvalue weighted by atomic mass is 9.94. The fourth-order valence-corrected chi connectivity index (χ4v) is 4.94. The molecular formula is C33H49N3O3. The van der Waals surface area contributed by atoms with Crippen LogP contribution in [0.2, 0.25) is 0 Å². The highest BCUT2D eigenvalue weighted by atomic mass is 16.6. The molecule has 6 heteroatoms. The van der Waals surface area contributed by atoms with Gasteiger partial charge in [-0.1, -0.05) is 107 Å². The molecule has 0 bridgehead atoms. The molecule has 214 valence electrons. The second-order valence-corrected chi connectivity index (χ2v) is 11.1. The lowest BCUT2D eigenvalue weighted by molar-refractivity contribution is -0.131. The Kier molecular flexibility index (Phi) is 13.1. The fraction of sp³-hybridized carbons (Fsp3) is 0.576. The predicted octanol–water partition coefficient (Wildman–Crippen LogP) is 5.00. The Morgan fingerprint density at radius 1 is 0.821 bits per heavy atom. The van der Waals surface area contributed by atoms with E-state index in [2.05, 4.69) is 54.1 Å². The zero-order chi connectivity index (χ0) is 27.9. The van der Waals surface area contributed by atoms with E-state index in [0.717, 1.165) is 44.2 Å². The summed E-state index contributed by atoms with van der Waals surface area (Å²) in [5.74, 6) is -0.159. The smallest absolute Gasteiger partial charge is 0.237 e. The summed E-state index contributed by atoms with van der Waals surface area (Å²) in [7, 11) is 0. The molecule has 1 fully saturated rings. The highest BCUT2D eigenvalue weighted by Crippen LogP contribution is 2.29. The number of nitrogens with one attached hydrogen (secondary N) is 3. The van der Waals surface area contributed by atoms with E-state index in [4.69, 9.17) is 4.74 Å². The Bertz CT molecular complexity index is 978. The molecule has 4 atom stereocenters. The predicted molar refractivity (Wildman–Crippen MR) is 159 cm³/mol. The van der Waals surface area contributed by atoms with Crippen molar-refractivity contribution in [3.05, 3.63) is 71.8 Å². The summed E-state index contributed by atoms with van der Waals surface area (Å²) in [6.07, 6.45) is 8.91. The maximum absolute atomic E-state index is 13.6. The third-order valence-electron chi connectivity index (χ3n) is 7.58. The maximum Gasteiger partial charge on any atom is 0.237 e. The zero-order valence-corrected chi connectivity index (χ0v) is 24.2. The van der Waals surface area contributed by atoms with Crippen molar-refractivity contribution in [3.63, 3.8) is 0 Å². The average molecular weight is 536 g/mol. The molecule has 1 amide bonds. The van der Waals surface area contributed by atoms with Crippen LogP contribution in [0.4, 0.5) is 0 Å². The van der Waals surface area contributed by atoms with Gasteiger partial charge in [0.25, 0.3) is 0 Å². The number of amides is 1. The second-order valence-electron chi connectivity index (χ2n) is 11.1. The zero-order valence-electron chi connectivity index (χ0n) is 24.2. The van der Waals surface area contributed by atoms with E-state index in [1.807, 2.05) is 43.3 Å². The maximum atomic E-state index is 13.6. The Balaban J connectivity index is 1.65. The number of epoxide rings is 1. The molecule has 39 heavy (non-hydrogen) atoms. The molecule has 0 aromatic heterocycles. The van der Waals surface area contributed by atoms with Crippen LogP contribution in [0.1, 0.15) is 76.8 Å². The molecule has 0 unspecified atom stereocenters. The standard InChI is InChI=1S/C33H49N3O3/c1-4-6-8-15-21-34-28(22-26-16-11-9-12-17-26)24-35-29(20-7-5-2)32(38)36-30(31(37)33(3)25-39-33)23-27-18-13-10-14-19-27/h9-14,16-19,28-30,34-35H,4-8,15,20-25H2,1-3H3,(H,36,38)/t28-,29-,30-,33+/m0/s1. The quantitative estimate of drug-likeness (QED) is 0.164. The van der Waals surface area contributed by atoms with Gasteiger partial charge < -0.3 is 20.7 Å². The summed E-state index contributed by atoms with van der Waals surface area (Å²) in [5, 5.41) is 10.4. The van der Waals surface area contributed by atoms with E-state index in [1.165, 1.54) is 24.8 Å². The first-order valence-corrected chi connectivity index (χ1v) is 15.0. The van der Waals surface area contributed by atoms with Crippen molar-refractivity contribution in [2.45, 2.75) is 102 Å². The number of ether oxygens (including phenoxy) is 1. The molecule has 1 saturated heterocycles. The van der Waals surface area contributed by atoms with Crippen LogP contribution in [0.15, 0.2) is 60.7 Å². The number of rotatable bonds is 20. The van der Waals surface area contributed by atoms with E-state index < -0.39 is 11.6 Å². The minimum atomic E-state index is -0.790. The van der Waals surface area contributed by atoms with Gasteiger partial charge >= 0.3 is 0 Å². The third-order valence-corrected chi connectivity index (χ3v) is 7.58. The van der Waals surface area contributed by atoms with Gasteiger partial charge in [-0.15, -0.1) is 0 Å². The summed E-state index contributed by atoms with van der Waals surface area (Å²) in [4.78, 5) is 26.9. The molecule has 3 N–H and O–H groups in total. The summed E-state index contributed by atoms with van der Waals surface area (Å²) in [6, 6.07) is 19.6. The monoisotopic (exact) mass is 535 g/mol. The van der Waals surface area contributed by atoms with E-state index in [9.17, 15) is 9.59 Å². The van der Waals surface area contributed by atoms with Crippen molar-refractivity contribution in [1.29, 1.82) is 0 Å². The molecule has 0 spiro atoms. The van der Waals surface area contributed by atoms with Crippen molar-refractivity contribution < 1.29 is 14.3 Å². The molecule has 2 aromatic rings. The molecule has 1 aliphatic heterocycles. The van der Waals surface area contributed by atoms with Crippen LogP contribution in [-0.4, -0.2) is 55.1 Å². The molecule has 0 saturated carbocycles. The van der Waals surface area contributed by atoms with Crippen LogP contribution < -0.4 is 16.0 Å². The third kappa shape index (κ3) is 10.9. The Morgan fingerprint density at radius 3 is 2.03 bits per heavy atom. The molecule has 3 rings (SSSR count).